The number of fused-ring (bicyclic) bond motifs is 1. The highest BCUT2D eigenvalue weighted by Gasteiger charge is 2.28. The van der Waals surface area contributed by atoms with Gasteiger partial charge in [0.05, 0.1) is 29.7 Å². The van der Waals surface area contributed by atoms with Crippen molar-refractivity contribution in [2.75, 3.05) is 13.7 Å². The van der Waals surface area contributed by atoms with Crippen LogP contribution in [0.15, 0.2) is 53.3 Å². The van der Waals surface area contributed by atoms with Gasteiger partial charge in [0.25, 0.3) is 5.56 Å². The number of methoxy groups -OCH3 is 1. The molecule has 0 aliphatic heterocycles. The molecule has 0 aliphatic carbocycles. The lowest BCUT2D eigenvalue weighted by molar-refractivity contribution is -0.134. The molecular formula is C30H41N3O3. The first-order chi connectivity index (χ1) is 17.5. The number of rotatable bonds is 14. The minimum Gasteiger partial charge on any atom is -0.497 e. The molecule has 2 aromatic carbocycles. The third-order valence-electron chi connectivity index (χ3n) is 6.76. The minimum atomic E-state index is -0.292. The number of carbonyl (C=O) groups is 1. The summed E-state index contributed by atoms with van der Waals surface area (Å²) in [4.78, 5) is 34.3. The Morgan fingerprint density at radius 1 is 0.944 bits per heavy atom. The molecule has 3 aromatic rings. The number of amides is 1. The van der Waals surface area contributed by atoms with E-state index in [1.165, 1.54) is 0 Å². The Morgan fingerprint density at radius 3 is 2.31 bits per heavy atom. The molecule has 1 aromatic heterocycles. The topological polar surface area (TPSA) is 64.4 Å². The Hall–Kier alpha value is -3.15. The average Bonchev–Trinajstić information content (AvgIpc) is 2.90. The highest BCUT2D eigenvalue weighted by Crippen LogP contribution is 2.28. The Morgan fingerprint density at radius 2 is 1.64 bits per heavy atom. The summed E-state index contributed by atoms with van der Waals surface area (Å²) >= 11 is 0. The van der Waals surface area contributed by atoms with Crippen LogP contribution in [0.4, 0.5) is 0 Å². The maximum Gasteiger partial charge on any atom is 0.266 e. The largest absolute Gasteiger partial charge is 0.497 e. The Kier molecular flexibility index (Phi) is 10.5. The first-order valence-electron chi connectivity index (χ1n) is 13.5. The van der Waals surface area contributed by atoms with Crippen LogP contribution in [0.2, 0.25) is 0 Å². The maximum atomic E-state index is 13.8. The third kappa shape index (κ3) is 6.54. The van der Waals surface area contributed by atoms with Crippen LogP contribution in [0.3, 0.4) is 0 Å². The van der Waals surface area contributed by atoms with Crippen molar-refractivity contribution in [2.45, 2.75) is 84.6 Å². The number of benzene rings is 2. The van der Waals surface area contributed by atoms with Crippen molar-refractivity contribution in [1.82, 2.24) is 14.5 Å². The second-order valence-corrected chi connectivity index (χ2v) is 9.35. The Bertz CT molecular complexity index is 1170. The third-order valence-corrected chi connectivity index (χ3v) is 6.76. The predicted molar refractivity (Wildman–Crippen MR) is 147 cm³/mol. The monoisotopic (exact) mass is 491 g/mol. The van der Waals surface area contributed by atoms with Crippen molar-refractivity contribution in [2.24, 2.45) is 0 Å². The number of hydrogen-bond acceptors (Lipinski definition) is 4. The number of nitrogens with zero attached hydrogens (tertiary/aromatic N) is 3. The first-order valence-corrected chi connectivity index (χ1v) is 13.5. The van der Waals surface area contributed by atoms with Gasteiger partial charge in [-0.15, -0.1) is 0 Å². The quantitative estimate of drug-likeness (QED) is 0.232. The van der Waals surface area contributed by atoms with Crippen LogP contribution in [0.25, 0.3) is 16.6 Å². The summed E-state index contributed by atoms with van der Waals surface area (Å²) in [6, 6.07) is 14.6. The zero-order valence-corrected chi connectivity index (χ0v) is 22.3. The van der Waals surface area contributed by atoms with Crippen molar-refractivity contribution >= 4 is 16.8 Å². The van der Waals surface area contributed by atoms with E-state index in [0.29, 0.717) is 36.1 Å². The molecule has 1 amide bonds. The molecule has 6 nitrogen and oxygen atoms in total. The number of aromatic nitrogens is 2. The van der Waals surface area contributed by atoms with Crippen LogP contribution in [0.5, 0.6) is 5.75 Å². The molecule has 36 heavy (non-hydrogen) atoms. The van der Waals surface area contributed by atoms with Gasteiger partial charge in [-0.2, -0.15) is 0 Å². The van der Waals surface area contributed by atoms with Gasteiger partial charge in [0.2, 0.25) is 5.91 Å². The number of carbonyl (C=O) groups excluding carboxylic acids is 1. The molecule has 1 atom stereocenters. The summed E-state index contributed by atoms with van der Waals surface area (Å²) in [5, 5.41) is 0.565. The molecule has 0 saturated heterocycles. The summed E-state index contributed by atoms with van der Waals surface area (Å²) in [6.45, 7) is 7.08. The van der Waals surface area contributed by atoms with E-state index >= 15 is 0 Å². The molecule has 1 heterocycles. The van der Waals surface area contributed by atoms with Gasteiger partial charge < -0.3 is 9.64 Å². The van der Waals surface area contributed by atoms with Crippen molar-refractivity contribution in [3.8, 4) is 11.4 Å². The van der Waals surface area contributed by atoms with E-state index < -0.39 is 0 Å². The molecule has 0 N–H and O–H groups in total. The molecule has 3 rings (SSSR count). The van der Waals surface area contributed by atoms with Crippen molar-refractivity contribution in [3.63, 3.8) is 0 Å². The summed E-state index contributed by atoms with van der Waals surface area (Å²) in [5.74, 6) is 1.49. The SMILES string of the molecule is CCCCCCN(C(=O)CCCCC)C(CC)c1nc2ccccc2c(=O)n1-c1ccc(OC)cc1. The van der Waals surface area contributed by atoms with Gasteiger partial charge >= 0.3 is 0 Å². The van der Waals surface area contributed by atoms with Crippen LogP contribution in [-0.4, -0.2) is 34.0 Å². The second-order valence-electron chi connectivity index (χ2n) is 9.35. The predicted octanol–water partition coefficient (Wildman–Crippen LogP) is 6.83. The molecule has 6 heteroatoms. The Balaban J connectivity index is 2.13. The molecule has 0 radical (unpaired) electrons. The van der Waals surface area contributed by atoms with Gasteiger partial charge in [-0.25, -0.2) is 4.98 Å². The number of ether oxygens (including phenoxy) is 1. The van der Waals surface area contributed by atoms with Gasteiger partial charge in [-0.3, -0.25) is 14.2 Å². The smallest absolute Gasteiger partial charge is 0.266 e. The zero-order valence-electron chi connectivity index (χ0n) is 22.3. The minimum absolute atomic E-state index is 0.122. The molecule has 0 saturated carbocycles. The van der Waals surface area contributed by atoms with Gasteiger partial charge in [0.1, 0.15) is 11.6 Å². The van der Waals surface area contributed by atoms with Crippen LogP contribution in [0, 0.1) is 0 Å². The zero-order chi connectivity index (χ0) is 25.9. The second kappa shape index (κ2) is 13.8. The highest BCUT2D eigenvalue weighted by molar-refractivity contribution is 5.79. The van der Waals surface area contributed by atoms with Crippen LogP contribution >= 0.6 is 0 Å². The van der Waals surface area contributed by atoms with Crippen molar-refractivity contribution in [3.05, 3.63) is 64.7 Å². The molecular weight excluding hydrogens is 450 g/mol. The molecule has 0 aliphatic rings. The van der Waals surface area contributed by atoms with Gasteiger partial charge in [-0.05, 0) is 55.7 Å². The summed E-state index contributed by atoms with van der Waals surface area (Å²) in [7, 11) is 1.62. The van der Waals surface area contributed by atoms with Crippen molar-refractivity contribution < 1.29 is 9.53 Å². The van der Waals surface area contributed by atoms with E-state index in [-0.39, 0.29) is 17.5 Å². The molecule has 1 unspecified atom stereocenters. The van der Waals surface area contributed by atoms with Crippen LogP contribution < -0.4 is 10.3 Å². The van der Waals surface area contributed by atoms with Crippen LogP contribution in [0.1, 0.15) is 90.4 Å². The van der Waals surface area contributed by atoms with E-state index in [1.807, 2.05) is 53.4 Å². The van der Waals surface area contributed by atoms with E-state index in [2.05, 4.69) is 20.8 Å². The normalized spacial score (nSPS) is 12.0. The highest BCUT2D eigenvalue weighted by atomic mass is 16.5. The lowest BCUT2D eigenvalue weighted by Crippen LogP contribution is -2.39. The van der Waals surface area contributed by atoms with Crippen LogP contribution in [-0.2, 0) is 4.79 Å². The summed E-state index contributed by atoms with van der Waals surface area (Å²) < 4.78 is 7.02. The number of para-hydroxylation sites is 1. The Labute approximate surface area is 215 Å². The fourth-order valence-corrected chi connectivity index (χ4v) is 4.73. The molecule has 0 bridgehead atoms. The van der Waals surface area contributed by atoms with Gasteiger partial charge in [0.15, 0.2) is 0 Å². The lowest BCUT2D eigenvalue weighted by Gasteiger charge is -2.32. The van der Waals surface area contributed by atoms with E-state index in [9.17, 15) is 9.59 Å². The van der Waals surface area contributed by atoms with Crippen molar-refractivity contribution in [1.29, 1.82) is 0 Å². The maximum absolute atomic E-state index is 13.8. The molecule has 0 fully saturated rings. The van der Waals surface area contributed by atoms with Gasteiger partial charge in [-0.1, -0.05) is 65.0 Å². The number of hydrogen-bond donors (Lipinski definition) is 0. The lowest BCUT2D eigenvalue weighted by atomic mass is 10.1. The molecule has 0 spiro atoms. The van der Waals surface area contributed by atoms with E-state index in [1.54, 1.807) is 11.7 Å². The summed E-state index contributed by atoms with van der Waals surface area (Å²) in [6.07, 6.45) is 8.53. The van der Waals surface area contributed by atoms with E-state index in [4.69, 9.17) is 9.72 Å². The fourth-order valence-electron chi connectivity index (χ4n) is 4.73. The standard InChI is InChI=1S/C30H41N3O3/c1-5-8-10-14-22-32(28(34)17-11-9-6-2)27(7-3)29-31-26-16-13-12-15-25(26)30(35)33(29)23-18-20-24(36-4)21-19-23/h12-13,15-16,18-21,27H,5-11,14,17,22H2,1-4H3. The summed E-state index contributed by atoms with van der Waals surface area (Å²) in [5.41, 5.74) is 1.26. The molecule has 194 valence electrons. The number of unbranched alkanes of at least 4 members (excludes halogenated alkanes) is 5. The average molecular weight is 492 g/mol. The van der Waals surface area contributed by atoms with E-state index in [0.717, 1.165) is 56.4 Å². The fraction of sp³-hybridized carbons (Fsp3) is 0.500. The first kappa shape index (κ1) is 27.4. The van der Waals surface area contributed by atoms with Gasteiger partial charge in [0, 0.05) is 13.0 Å².